The summed E-state index contributed by atoms with van der Waals surface area (Å²) in [5.74, 6) is -0.638. The van der Waals surface area contributed by atoms with Crippen LogP contribution in [0.2, 0.25) is 0 Å². The monoisotopic (exact) mass is 331 g/mol. The first kappa shape index (κ1) is 17.1. The van der Waals surface area contributed by atoms with E-state index in [0.717, 1.165) is 12.0 Å². The molecule has 24 heavy (non-hydrogen) atoms. The molecule has 5 heteroatoms. The van der Waals surface area contributed by atoms with Gasteiger partial charge in [-0.25, -0.2) is 0 Å². The topological polar surface area (TPSA) is 55.8 Å². The van der Waals surface area contributed by atoms with Crippen LogP contribution in [0, 0.1) is 11.8 Å². The summed E-state index contributed by atoms with van der Waals surface area (Å²) in [6.45, 7) is 5.92. The summed E-state index contributed by atoms with van der Waals surface area (Å²) in [5.41, 5.74) is 1.15. The maximum Gasteiger partial charge on any atom is 0.317 e. The van der Waals surface area contributed by atoms with Crippen molar-refractivity contribution in [2.24, 2.45) is 11.8 Å². The molecule has 0 unspecified atom stereocenters. The van der Waals surface area contributed by atoms with E-state index in [9.17, 15) is 9.59 Å². The number of Topliss-reactive ketones (excluding diaryl/α,β-unsaturated/α-hetero) is 1. The van der Waals surface area contributed by atoms with Gasteiger partial charge in [0.25, 0.3) is 0 Å². The van der Waals surface area contributed by atoms with Crippen LogP contribution in [0.1, 0.15) is 25.8 Å². The first-order valence-electron chi connectivity index (χ1n) is 8.69. The highest BCUT2D eigenvalue weighted by atomic mass is 16.5. The van der Waals surface area contributed by atoms with Crippen molar-refractivity contribution >= 4 is 11.8 Å². The number of carbonyl (C=O) groups is 2. The van der Waals surface area contributed by atoms with Crippen molar-refractivity contribution in [2.75, 3.05) is 19.8 Å². The van der Waals surface area contributed by atoms with E-state index in [2.05, 4.69) is 11.8 Å². The molecule has 0 aliphatic carbocycles. The zero-order valence-corrected chi connectivity index (χ0v) is 14.3. The summed E-state index contributed by atoms with van der Waals surface area (Å²) in [6, 6.07) is 10.2. The molecule has 2 aliphatic heterocycles. The van der Waals surface area contributed by atoms with E-state index in [1.54, 1.807) is 6.92 Å². The first-order valence-corrected chi connectivity index (χ1v) is 8.69. The molecular weight excluding hydrogens is 306 g/mol. The SMILES string of the molecule is CCOC(=O)[C@H]1CN2[C@H](C)[C@@H](COCc3ccccc3)C[C@H]2C1=O. The number of rotatable bonds is 6. The number of fused-ring (bicyclic) bond motifs is 1. The number of hydrogen-bond donors (Lipinski definition) is 0. The summed E-state index contributed by atoms with van der Waals surface area (Å²) in [7, 11) is 0. The lowest BCUT2D eigenvalue weighted by Gasteiger charge is -2.23. The number of hydrogen-bond acceptors (Lipinski definition) is 5. The van der Waals surface area contributed by atoms with Gasteiger partial charge in [-0.15, -0.1) is 0 Å². The van der Waals surface area contributed by atoms with Crippen LogP contribution in [-0.2, 0) is 25.7 Å². The van der Waals surface area contributed by atoms with E-state index in [1.165, 1.54) is 0 Å². The van der Waals surface area contributed by atoms with E-state index in [1.807, 2.05) is 30.3 Å². The maximum atomic E-state index is 12.5. The van der Waals surface area contributed by atoms with Crippen LogP contribution in [0.15, 0.2) is 30.3 Å². The summed E-state index contributed by atoms with van der Waals surface area (Å²) < 4.78 is 10.9. The van der Waals surface area contributed by atoms with Gasteiger partial charge in [-0.2, -0.15) is 0 Å². The van der Waals surface area contributed by atoms with Gasteiger partial charge in [0.15, 0.2) is 5.78 Å². The van der Waals surface area contributed by atoms with Crippen LogP contribution < -0.4 is 0 Å². The van der Waals surface area contributed by atoms with Gasteiger partial charge in [0.1, 0.15) is 5.92 Å². The summed E-state index contributed by atoms with van der Waals surface area (Å²) >= 11 is 0. The molecule has 0 bridgehead atoms. The van der Waals surface area contributed by atoms with Crippen LogP contribution in [-0.4, -0.2) is 48.5 Å². The summed E-state index contributed by atoms with van der Waals surface area (Å²) in [6.07, 6.45) is 0.769. The molecule has 1 aromatic rings. The fourth-order valence-electron chi connectivity index (χ4n) is 3.82. The second kappa shape index (κ2) is 7.45. The second-order valence-electron chi connectivity index (χ2n) is 6.66. The highest BCUT2D eigenvalue weighted by molar-refractivity contribution is 6.03. The molecule has 0 saturated carbocycles. The lowest BCUT2D eigenvalue weighted by Crippen LogP contribution is -2.34. The normalized spacial score (nSPS) is 29.7. The third kappa shape index (κ3) is 3.37. The van der Waals surface area contributed by atoms with Crippen molar-refractivity contribution in [2.45, 2.75) is 39.0 Å². The third-order valence-corrected chi connectivity index (χ3v) is 5.21. The number of nitrogens with zero attached hydrogens (tertiary/aromatic N) is 1. The van der Waals surface area contributed by atoms with Gasteiger partial charge in [-0.3, -0.25) is 14.5 Å². The molecule has 0 aromatic heterocycles. The molecule has 0 spiro atoms. The van der Waals surface area contributed by atoms with Gasteiger partial charge < -0.3 is 9.47 Å². The van der Waals surface area contributed by atoms with Crippen LogP contribution in [0.25, 0.3) is 0 Å². The zero-order chi connectivity index (χ0) is 17.1. The van der Waals surface area contributed by atoms with E-state index in [0.29, 0.717) is 32.3 Å². The molecule has 2 heterocycles. The molecule has 0 N–H and O–H groups in total. The van der Waals surface area contributed by atoms with Crippen molar-refractivity contribution in [3.8, 4) is 0 Å². The largest absolute Gasteiger partial charge is 0.465 e. The molecule has 130 valence electrons. The number of esters is 1. The minimum Gasteiger partial charge on any atom is -0.465 e. The van der Waals surface area contributed by atoms with Crippen LogP contribution in [0.4, 0.5) is 0 Å². The lowest BCUT2D eigenvalue weighted by atomic mass is 9.95. The Kier molecular flexibility index (Phi) is 5.31. The van der Waals surface area contributed by atoms with E-state index < -0.39 is 5.92 Å². The Morgan fingerprint density at radius 2 is 2.04 bits per heavy atom. The van der Waals surface area contributed by atoms with Crippen molar-refractivity contribution in [3.63, 3.8) is 0 Å². The molecule has 0 amide bonds. The van der Waals surface area contributed by atoms with E-state index >= 15 is 0 Å². The Morgan fingerprint density at radius 1 is 1.29 bits per heavy atom. The highest BCUT2D eigenvalue weighted by Crippen LogP contribution is 2.37. The molecule has 5 nitrogen and oxygen atoms in total. The van der Waals surface area contributed by atoms with Gasteiger partial charge in [0, 0.05) is 12.6 Å². The van der Waals surface area contributed by atoms with Crippen molar-refractivity contribution in [3.05, 3.63) is 35.9 Å². The minimum atomic E-state index is -0.608. The number of ether oxygens (including phenoxy) is 2. The molecule has 2 aliphatic rings. The fraction of sp³-hybridized carbons (Fsp3) is 0.579. The molecule has 3 rings (SSSR count). The molecule has 2 saturated heterocycles. The number of benzene rings is 1. The Labute approximate surface area is 142 Å². The molecule has 2 fully saturated rings. The highest BCUT2D eigenvalue weighted by Gasteiger charge is 2.52. The van der Waals surface area contributed by atoms with Crippen LogP contribution in [0.5, 0.6) is 0 Å². The van der Waals surface area contributed by atoms with Gasteiger partial charge in [-0.05, 0) is 31.7 Å². The van der Waals surface area contributed by atoms with Crippen molar-refractivity contribution in [1.82, 2.24) is 4.90 Å². The van der Waals surface area contributed by atoms with Gasteiger partial charge >= 0.3 is 5.97 Å². The van der Waals surface area contributed by atoms with E-state index in [4.69, 9.17) is 9.47 Å². The number of ketones is 1. The smallest absolute Gasteiger partial charge is 0.317 e. The van der Waals surface area contributed by atoms with Gasteiger partial charge in [0.2, 0.25) is 0 Å². The second-order valence-corrected chi connectivity index (χ2v) is 6.66. The standard InChI is InChI=1S/C19H25NO4/c1-3-24-19(22)16-10-20-13(2)15(9-17(20)18(16)21)12-23-11-14-7-5-4-6-8-14/h4-8,13,15-17H,3,9-12H2,1-2H3/t13-,15-,16+,17+/m1/s1. The van der Waals surface area contributed by atoms with Crippen LogP contribution in [0.3, 0.4) is 0 Å². The zero-order valence-electron chi connectivity index (χ0n) is 14.3. The molecular formula is C19H25NO4. The lowest BCUT2D eigenvalue weighted by molar-refractivity contribution is -0.150. The average molecular weight is 331 g/mol. The van der Waals surface area contributed by atoms with Crippen molar-refractivity contribution in [1.29, 1.82) is 0 Å². The average Bonchev–Trinajstić information content (AvgIpc) is 3.07. The first-order chi connectivity index (χ1) is 11.6. The molecule has 1 aromatic carbocycles. The predicted molar refractivity (Wildman–Crippen MR) is 89.3 cm³/mol. The summed E-state index contributed by atoms with van der Waals surface area (Å²) in [5, 5.41) is 0. The fourth-order valence-corrected chi connectivity index (χ4v) is 3.82. The minimum absolute atomic E-state index is 0.0193. The molecule has 0 radical (unpaired) electrons. The Hall–Kier alpha value is -1.72. The molecule has 4 atom stereocenters. The summed E-state index contributed by atoms with van der Waals surface area (Å²) in [4.78, 5) is 26.6. The van der Waals surface area contributed by atoms with Crippen LogP contribution >= 0.6 is 0 Å². The Morgan fingerprint density at radius 3 is 2.71 bits per heavy atom. The number of carbonyl (C=O) groups excluding carboxylic acids is 2. The van der Waals surface area contributed by atoms with E-state index in [-0.39, 0.29) is 23.8 Å². The van der Waals surface area contributed by atoms with Gasteiger partial charge in [0.05, 0.1) is 25.9 Å². The Bertz CT molecular complexity index is 588. The van der Waals surface area contributed by atoms with Gasteiger partial charge in [-0.1, -0.05) is 30.3 Å². The quantitative estimate of drug-likeness (QED) is 0.590. The Balaban J connectivity index is 1.52. The third-order valence-electron chi connectivity index (χ3n) is 5.21. The maximum absolute atomic E-state index is 12.5. The van der Waals surface area contributed by atoms with Crippen molar-refractivity contribution < 1.29 is 19.1 Å². The predicted octanol–water partition coefficient (Wildman–Crippen LogP) is 2.04.